The lowest BCUT2D eigenvalue weighted by molar-refractivity contribution is -0.136. The molecule has 0 aliphatic heterocycles. The molecular weight excluding hydrogens is 280 g/mol. The van der Waals surface area contributed by atoms with Crippen LogP contribution in [0.2, 0.25) is 0 Å². The lowest BCUT2D eigenvalue weighted by Crippen LogP contribution is -2.07. The number of benzene rings is 2. The van der Waals surface area contributed by atoms with Gasteiger partial charge in [0, 0.05) is 0 Å². The van der Waals surface area contributed by atoms with E-state index in [0.29, 0.717) is 16.7 Å². The summed E-state index contributed by atoms with van der Waals surface area (Å²) in [6.07, 6.45) is -0.0781. The third-order valence-electron chi connectivity index (χ3n) is 3.24. The van der Waals surface area contributed by atoms with Gasteiger partial charge in [0.2, 0.25) is 0 Å². The Bertz CT molecular complexity index is 722. The van der Waals surface area contributed by atoms with Crippen molar-refractivity contribution in [3.63, 3.8) is 0 Å². The van der Waals surface area contributed by atoms with Gasteiger partial charge in [-0.2, -0.15) is 0 Å². The van der Waals surface area contributed by atoms with E-state index >= 15 is 0 Å². The average Bonchev–Trinajstić information content (AvgIpc) is 2.47. The molecule has 1 N–H and O–H groups in total. The molecule has 0 saturated carbocycles. The minimum absolute atomic E-state index is 0.0781. The monoisotopic (exact) mass is 299 g/mol. The molecule has 0 saturated heterocycles. The number of carbonyl (C=O) groups excluding carboxylic acids is 1. The van der Waals surface area contributed by atoms with Crippen LogP contribution in [0.1, 0.15) is 34.0 Å². The minimum atomic E-state index is -1.15. The molecule has 0 spiro atoms. The molecular formula is C18H18O4. The average molecular weight is 299 g/mol. The fourth-order valence-corrected chi connectivity index (χ4v) is 2.12. The molecule has 0 fully saturated rings. The van der Waals surface area contributed by atoms with E-state index in [9.17, 15) is 9.59 Å². The molecule has 4 heteroatoms. The number of aryl methyl sites for hydroxylation is 2. The van der Waals surface area contributed by atoms with Gasteiger partial charge in [0.25, 0.3) is 0 Å². The number of ether oxygens (including phenoxy) is 1. The Morgan fingerprint density at radius 1 is 1.09 bits per heavy atom. The van der Waals surface area contributed by atoms with Gasteiger partial charge in [-0.25, -0.2) is 4.79 Å². The van der Waals surface area contributed by atoms with Crippen LogP contribution in [0.25, 0.3) is 0 Å². The summed E-state index contributed by atoms with van der Waals surface area (Å²) in [5.74, 6) is -1.46. The Balaban J connectivity index is 2.07. The zero-order valence-corrected chi connectivity index (χ0v) is 12.5. The summed E-state index contributed by atoms with van der Waals surface area (Å²) < 4.78 is 13.1. The first-order valence-electron chi connectivity index (χ1n) is 7.45. The lowest BCUT2D eigenvalue weighted by Gasteiger charge is -2.08. The Morgan fingerprint density at radius 2 is 1.73 bits per heavy atom. The molecule has 4 nitrogen and oxygen atoms in total. The van der Waals surface area contributed by atoms with Crippen molar-refractivity contribution in [2.24, 2.45) is 0 Å². The summed E-state index contributed by atoms with van der Waals surface area (Å²) in [4.78, 5) is 22.8. The number of esters is 1. The minimum Gasteiger partial charge on any atom is -0.481 e. The summed E-state index contributed by atoms with van der Waals surface area (Å²) in [5, 5.41) is 8.73. The Hall–Kier alpha value is -2.62. The molecule has 0 aliphatic carbocycles. The highest BCUT2D eigenvalue weighted by Crippen LogP contribution is 2.13. The zero-order valence-electron chi connectivity index (χ0n) is 13.5. The summed E-state index contributed by atoms with van der Waals surface area (Å²) in [7, 11) is 0. The fourth-order valence-electron chi connectivity index (χ4n) is 2.12. The molecule has 0 bridgehead atoms. The molecule has 0 aliphatic rings. The molecule has 0 aromatic heterocycles. The number of rotatable bonds is 5. The maximum absolute atomic E-state index is 12.2. The largest absolute Gasteiger partial charge is 0.481 e. The van der Waals surface area contributed by atoms with E-state index in [0.717, 1.165) is 11.1 Å². The van der Waals surface area contributed by atoms with Crippen molar-refractivity contribution in [3.05, 3.63) is 70.3 Å². The van der Waals surface area contributed by atoms with E-state index in [4.69, 9.17) is 11.2 Å². The third-order valence-corrected chi connectivity index (χ3v) is 3.24. The van der Waals surface area contributed by atoms with Gasteiger partial charge in [-0.3, -0.25) is 4.79 Å². The molecule has 22 heavy (non-hydrogen) atoms. The predicted octanol–water partition coefficient (Wildman–Crippen LogP) is 3.29. The van der Waals surface area contributed by atoms with E-state index in [2.05, 4.69) is 0 Å². The van der Waals surface area contributed by atoms with Gasteiger partial charge in [-0.15, -0.1) is 0 Å². The van der Waals surface area contributed by atoms with E-state index < -0.39 is 18.5 Å². The molecule has 114 valence electrons. The van der Waals surface area contributed by atoms with Gasteiger partial charge in [0.1, 0.15) is 6.58 Å². The topological polar surface area (TPSA) is 63.6 Å². The second kappa shape index (κ2) is 6.89. The second-order valence-electron chi connectivity index (χ2n) is 5.15. The normalized spacial score (nSPS) is 12.4. The van der Waals surface area contributed by atoms with E-state index in [1.165, 1.54) is 0 Å². The van der Waals surface area contributed by atoms with Crippen molar-refractivity contribution >= 4 is 11.9 Å². The van der Waals surface area contributed by atoms with Gasteiger partial charge in [-0.1, -0.05) is 42.0 Å². The first-order chi connectivity index (χ1) is 10.9. The van der Waals surface area contributed by atoms with Crippen molar-refractivity contribution in [3.8, 4) is 0 Å². The van der Waals surface area contributed by atoms with Crippen LogP contribution in [0.5, 0.6) is 0 Å². The first kappa shape index (κ1) is 14.3. The van der Waals surface area contributed by atoms with Gasteiger partial charge in [0.05, 0.1) is 13.4 Å². The molecule has 0 radical (unpaired) electrons. The number of carboxylic acid groups (broad SMARTS) is 1. The second-order valence-corrected chi connectivity index (χ2v) is 5.15. The highest BCUT2D eigenvalue weighted by molar-refractivity contribution is 5.91. The lowest BCUT2D eigenvalue weighted by atomic mass is 10.1. The van der Waals surface area contributed by atoms with Crippen LogP contribution in [-0.4, -0.2) is 17.0 Å². The van der Waals surface area contributed by atoms with Crippen molar-refractivity contribution in [1.29, 1.82) is 0 Å². The predicted molar refractivity (Wildman–Crippen MR) is 82.8 cm³/mol. The van der Waals surface area contributed by atoms with Crippen LogP contribution < -0.4 is 0 Å². The van der Waals surface area contributed by atoms with Crippen LogP contribution in [0.15, 0.2) is 42.5 Å². The number of hydrogen-bond acceptors (Lipinski definition) is 3. The standard InChI is InChI=1S/C18H18O4/c1-12-3-8-16(13(2)9-12)18(21)22-11-15-6-4-14(5-7-15)10-17(19)20/h3-9H,10-11H2,1-2H3,(H,19,20)/i11D. The Morgan fingerprint density at radius 3 is 2.32 bits per heavy atom. The van der Waals surface area contributed by atoms with Crippen LogP contribution in [0, 0.1) is 13.8 Å². The van der Waals surface area contributed by atoms with Crippen molar-refractivity contribution in [1.82, 2.24) is 0 Å². The third kappa shape index (κ3) is 4.19. The SMILES string of the molecule is [2H]C(OC(=O)c1ccc(C)cc1C)c1ccc(CC(=O)O)cc1. The Labute approximate surface area is 130 Å². The fraction of sp³-hybridized carbons (Fsp3) is 0.222. The van der Waals surface area contributed by atoms with Crippen LogP contribution in [0.3, 0.4) is 0 Å². The van der Waals surface area contributed by atoms with Crippen LogP contribution >= 0.6 is 0 Å². The highest BCUT2D eigenvalue weighted by Gasteiger charge is 2.10. The molecule has 2 rings (SSSR count). The molecule has 0 heterocycles. The Kier molecular flexibility index (Phi) is 4.49. The quantitative estimate of drug-likeness (QED) is 0.860. The van der Waals surface area contributed by atoms with Crippen LogP contribution in [-0.2, 0) is 22.5 Å². The van der Waals surface area contributed by atoms with Crippen LogP contribution in [0.4, 0.5) is 0 Å². The summed E-state index contributed by atoms with van der Waals surface area (Å²) in [6, 6.07) is 11.8. The maximum atomic E-state index is 12.2. The number of carboxylic acids is 1. The maximum Gasteiger partial charge on any atom is 0.338 e. The summed E-state index contributed by atoms with van der Waals surface area (Å²) in [6.45, 7) is 2.61. The zero-order chi connectivity index (χ0) is 17.0. The van der Waals surface area contributed by atoms with E-state index in [-0.39, 0.29) is 6.42 Å². The summed E-state index contributed by atoms with van der Waals surface area (Å²) in [5.41, 5.74) is 3.43. The van der Waals surface area contributed by atoms with Gasteiger partial charge in [0.15, 0.2) is 0 Å². The smallest absolute Gasteiger partial charge is 0.338 e. The summed E-state index contributed by atoms with van der Waals surface area (Å²) >= 11 is 0. The number of aliphatic carboxylic acids is 1. The van der Waals surface area contributed by atoms with E-state index in [1.807, 2.05) is 26.0 Å². The first-order valence-corrected chi connectivity index (χ1v) is 6.88. The molecule has 1 atom stereocenters. The molecule has 1 unspecified atom stereocenters. The van der Waals surface area contributed by atoms with Crippen molar-refractivity contribution in [2.75, 3.05) is 0 Å². The van der Waals surface area contributed by atoms with Crippen molar-refractivity contribution < 1.29 is 20.8 Å². The highest BCUT2D eigenvalue weighted by atomic mass is 16.5. The van der Waals surface area contributed by atoms with Crippen molar-refractivity contribution in [2.45, 2.75) is 26.9 Å². The number of carbonyl (C=O) groups is 2. The molecule has 2 aromatic rings. The van der Waals surface area contributed by atoms with Gasteiger partial charge in [-0.05, 0) is 36.6 Å². The van der Waals surface area contributed by atoms with Gasteiger partial charge >= 0.3 is 11.9 Å². The van der Waals surface area contributed by atoms with Gasteiger partial charge < -0.3 is 9.84 Å². The number of hydrogen-bond donors (Lipinski definition) is 1. The van der Waals surface area contributed by atoms with E-state index in [1.54, 1.807) is 30.3 Å². The molecule has 0 amide bonds. The molecule has 2 aromatic carbocycles.